The number of rotatable bonds is 7. The molecule has 2 nitrogen and oxygen atoms in total. The Hall–Kier alpha value is -5.25. The van der Waals surface area contributed by atoms with Crippen molar-refractivity contribution in [3.05, 3.63) is 163 Å². The van der Waals surface area contributed by atoms with Gasteiger partial charge in [-0.3, -0.25) is 9.16 Å². The van der Waals surface area contributed by atoms with Crippen LogP contribution in [-0.2, 0) is 11.8 Å². The highest BCUT2D eigenvalue weighted by Crippen LogP contribution is 2.67. The van der Waals surface area contributed by atoms with Gasteiger partial charge in [0.05, 0.1) is 11.4 Å². The van der Waals surface area contributed by atoms with Crippen molar-refractivity contribution in [1.82, 2.24) is 0 Å². The van der Waals surface area contributed by atoms with Crippen molar-refractivity contribution in [2.24, 2.45) is 0 Å². The average Bonchev–Trinajstić information content (AvgIpc) is 3.14. The van der Waals surface area contributed by atoms with Crippen molar-refractivity contribution in [2.45, 2.75) is 37.0 Å². The lowest BCUT2D eigenvalue weighted by Crippen LogP contribution is -2.24. The number of para-hydroxylation sites is 4. The Morgan fingerprint density at radius 2 is 0.904 bits per heavy atom. The standard InChI is InChI=1S/C49H48N2S/c1-49(2)30-29-34-31-43(50(35-19-11-7-12-20-35)36-21-13-8-14-22-36)39-27-28-40-45(52(3,4,5)6)33-44(41-32-42(49)46(34)48(39)47(40)41)51(37-23-15-9-16-24-37)38-25-17-10-18-26-38/h7-28,31-33,52H,29-30H2,1-6H3. The molecule has 1 aliphatic carbocycles. The SMILES string of the molecule is CC1(C)CCc2cc(N(c3ccccc3)c3ccccc3)c3ccc4c([SH](C)(C)(C)C)cc(N(c5ccccc5)c5ccccc5)c5cc1c2c3c54. The molecule has 52 heavy (non-hydrogen) atoms. The van der Waals surface area contributed by atoms with Crippen molar-refractivity contribution < 1.29 is 0 Å². The third-order valence-electron chi connectivity index (χ3n) is 11.3. The number of hydrogen-bond acceptors (Lipinski definition) is 2. The first-order chi connectivity index (χ1) is 25.0. The van der Waals surface area contributed by atoms with Gasteiger partial charge in [-0.05, 0) is 137 Å². The van der Waals surface area contributed by atoms with E-state index in [1.807, 2.05) is 0 Å². The number of nitrogens with zero attached hydrogens (tertiary/aromatic N) is 2. The summed E-state index contributed by atoms with van der Waals surface area (Å²) in [5, 5.41) is 8.28. The van der Waals surface area contributed by atoms with Gasteiger partial charge in [0.25, 0.3) is 0 Å². The fourth-order valence-corrected chi connectivity index (χ4v) is 10.5. The zero-order valence-electron chi connectivity index (χ0n) is 31.2. The second-order valence-corrected chi connectivity index (χ2v) is 24.8. The van der Waals surface area contributed by atoms with Crippen LogP contribution in [0.3, 0.4) is 0 Å². The number of anilines is 6. The van der Waals surface area contributed by atoms with Crippen LogP contribution < -0.4 is 9.80 Å². The Bertz CT molecular complexity index is 2500. The van der Waals surface area contributed by atoms with E-state index in [1.165, 1.54) is 82.5 Å². The summed E-state index contributed by atoms with van der Waals surface area (Å²) in [6.45, 7) is 4.91. The van der Waals surface area contributed by atoms with E-state index in [4.69, 9.17) is 0 Å². The van der Waals surface area contributed by atoms with E-state index < -0.39 is 9.16 Å². The maximum absolute atomic E-state index is 2.59. The van der Waals surface area contributed by atoms with Crippen LogP contribution in [0.15, 0.2) is 157 Å². The molecule has 0 fully saturated rings. The molecule has 0 unspecified atom stereocenters. The fraction of sp³-hybridized carbons (Fsp3) is 0.184. The minimum Gasteiger partial charge on any atom is -0.310 e. The first-order valence-corrected chi connectivity index (χ1v) is 22.6. The summed E-state index contributed by atoms with van der Waals surface area (Å²) in [5.74, 6) is 0. The van der Waals surface area contributed by atoms with Gasteiger partial charge in [-0.2, -0.15) is 0 Å². The third kappa shape index (κ3) is 5.25. The summed E-state index contributed by atoms with van der Waals surface area (Å²) >= 11 is 0. The molecule has 9 rings (SSSR count). The molecule has 0 spiro atoms. The van der Waals surface area contributed by atoms with Crippen molar-refractivity contribution in [2.75, 3.05) is 34.8 Å². The van der Waals surface area contributed by atoms with Gasteiger partial charge in [-0.15, -0.1) is 0 Å². The van der Waals surface area contributed by atoms with Crippen molar-refractivity contribution >= 4 is 75.6 Å². The lowest BCUT2D eigenvalue weighted by atomic mass is 9.70. The van der Waals surface area contributed by atoms with E-state index in [-0.39, 0.29) is 5.41 Å². The van der Waals surface area contributed by atoms with Gasteiger partial charge in [0.2, 0.25) is 0 Å². The summed E-state index contributed by atoms with van der Waals surface area (Å²) in [6, 6.07) is 56.2. The average molecular weight is 697 g/mol. The molecule has 0 heterocycles. The van der Waals surface area contributed by atoms with Gasteiger partial charge in [0.1, 0.15) is 0 Å². The lowest BCUT2D eigenvalue weighted by Gasteiger charge is -2.49. The molecule has 0 bridgehead atoms. The van der Waals surface area contributed by atoms with Crippen molar-refractivity contribution in [3.63, 3.8) is 0 Å². The minimum absolute atomic E-state index is 0.0321. The van der Waals surface area contributed by atoms with Crippen molar-refractivity contribution in [3.8, 4) is 0 Å². The Labute approximate surface area is 309 Å². The highest BCUT2D eigenvalue weighted by Gasteiger charge is 2.35. The predicted molar refractivity (Wildman–Crippen MR) is 232 cm³/mol. The molecular formula is C49H48N2S. The monoisotopic (exact) mass is 696 g/mol. The second-order valence-electron chi connectivity index (χ2n) is 17.2. The van der Waals surface area contributed by atoms with E-state index in [1.54, 1.807) is 0 Å². The molecule has 0 aliphatic heterocycles. The number of aryl methyl sites for hydroxylation is 1. The van der Waals surface area contributed by atoms with Gasteiger partial charge in [-0.1, -0.05) is 98.8 Å². The minimum atomic E-state index is -2.33. The van der Waals surface area contributed by atoms with Crippen LogP contribution in [0.2, 0.25) is 0 Å². The first-order valence-electron chi connectivity index (χ1n) is 18.6. The van der Waals surface area contributed by atoms with Crippen LogP contribution in [-0.4, -0.2) is 25.0 Å². The molecule has 0 N–H and O–H groups in total. The Balaban J connectivity index is 1.50. The highest BCUT2D eigenvalue weighted by atomic mass is 32.3. The Kier molecular flexibility index (Phi) is 7.30. The second kappa shape index (κ2) is 11.6. The van der Waals surface area contributed by atoms with Gasteiger partial charge in [-0.25, -0.2) is 0 Å². The zero-order chi connectivity index (χ0) is 35.9. The summed E-state index contributed by atoms with van der Waals surface area (Å²) in [6.07, 6.45) is 12.2. The van der Waals surface area contributed by atoms with E-state index in [0.717, 1.165) is 12.8 Å². The lowest BCUT2D eigenvalue weighted by molar-refractivity contribution is 0.475. The largest absolute Gasteiger partial charge is 0.310 e. The van der Waals surface area contributed by atoms with Crippen LogP contribution in [0.25, 0.3) is 32.3 Å². The smallest absolute Gasteiger partial charge is 0.0550 e. The normalized spacial score (nSPS) is 14.8. The maximum Gasteiger partial charge on any atom is 0.0550 e. The van der Waals surface area contributed by atoms with Gasteiger partial charge in [0, 0.05) is 44.3 Å². The molecule has 0 amide bonds. The first kappa shape index (κ1) is 32.6. The fourth-order valence-electron chi connectivity index (χ4n) is 8.71. The summed E-state index contributed by atoms with van der Waals surface area (Å²) in [7, 11) is -2.33. The van der Waals surface area contributed by atoms with E-state index >= 15 is 0 Å². The molecule has 0 aromatic heterocycles. The maximum atomic E-state index is 2.59. The summed E-state index contributed by atoms with van der Waals surface area (Å²) in [5.41, 5.74) is 10.1. The topological polar surface area (TPSA) is 6.48 Å². The Morgan fingerprint density at radius 1 is 0.462 bits per heavy atom. The molecular weight excluding hydrogens is 649 g/mol. The molecule has 0 saturated heterocycles. The summed E-state index contributed by atoms with van der Waals surface area (Å²) in [4.78, 5) is 6.46. The molecule has 8 aromatic carbocycles. The molecule has 1 aliphatic rings. The third-order valence-corrected chi connectivity index (χ3v) is 13.6. The van der Waals surface area contributed by atoms with E-state index in [2.05, 4.69) is 200 Å². The quantitative estimate of drug-likeness (QED) is 0.131. The van der Waals surface area contributed by atoms with Crippen LogP contribution in [0.1, 0.15) is 31.4 Å². The number of hydrogen-bond donors (Lipinski definition) is 1. The van der Waals surface area contributed by atoms with Crippen LogP contribution in [0.5, 0.6) is 0 Å². The molecule has 0 radical (unpaired) electrons. The summed E-state index contributed by atoms with van der Waals surface area (Å²) < 4.78 is 0. The Morgan fingerprint density at radius 3 is 1.37 bits per heavy atom. The van der Waals surface area contributed by atoms with Gasteiger partial charge < -0.3 is 9.80 Å². The van der Waals surface area contributed by atoms with Gasteiger partial charge in [0.15, 0.2) is 0 Å². The van der Waals surface area contributed by atoms with Gasteiger partial charge >= 0.3 is 0 Å². The number of thiol groups is 1. The predicted octanol–water partition coefficient (Wildman–Crippen LogP) is 13.7. The van der Waals surface area contributed by atoms with Crippen LogP contribution in [0, 0.1) is 0 Å². The molecule has 0 atom stereocenters. The van der Waals surface area contributed by atoms with E-state index in [0.29, 0.717) is 0 Å². The molecule has 3 heteroatoms. The van der Waals surface area contributed by atoms with Crippen LogP contribution >= 0.6 is 9.16 Å². The highest BCUT2D eigenvalue weighted by molar-refractivity contribution is 8.47. The zero-order valence-corrected chi connectivity index (χ0v) is 32.1. The number of benzene rings is 8. The van der Waals surface area contributed by atoms with E-state index in [9.17, 15) is 0 Å². The van der Waals surface area contributed by atoms with Crippen molar-refractivity contribution in [1.29, 1.82) is 0 Å². The molecule has 8 aromatic rings. The van der Waals surface area contributed by atoms with Crippen LogP contribution in [0.4, 0.5) is 34.1 Å². The molecule has 260 valence electrons. The molecule has 0 saturated carbocycles.